The van der Waals surface area contributed by atoms with E-state index in [1.165, 1.54) is 75.5 Å². The zero-order valence-electron chi connectivity index (χ0n) is 32.9. The molecule has 4 fully saturated rings. The molecule has 284 valence electrons. The Balaban J connectivity index is 1.03. The van der Waals surface area contributed by atoms with Gasteiger partial charge in [-0.15, -0.1) is 0 Å². The highest BCUT2D eigenvalue weighted by Gasteiger charge is 2.61. The van der Waals surface area contributed by atoms with Crippen LogP contribution in [0.2, 0.25) is 0 Å². The highest BCUT2D eigenvalue weighted by Crippen LogP contribution is 2.69. The average Bonchev–Trinajstić information content (AvgIpc) is 3.57. The minimum absolute atomic E-state index is 0.108. The first-order valence-corrected chi connectivity index (χ1v) is 21.5. The molecule has 2 nitrogen and oxygen atoms in total. The average molecular weight is 763 g/mol. The fourth-order valence-corrected chi connectivity index (χ4v) is 13.0. The molecular weight excluding hydrogens is 720 g/mol. The second-order valence-corrected chi connectivity index (χ2v) is 17.9. The van der Waals surface area contributed by atoms with Crippen LogP contribution in [0.15, 0.2) is 176 Å². The summed E-state index contributed by atoms with van der Waals surface area (Å²) in [6.45, 7) is 0. The molecule has 59 heavy (non-hydrogen) atoms. The maximum Gasteiger partial charge on any atom is 0.123 e. The van der Waals surface area contributed by atoms with Gasteiger partial charge in [0.05, 0.1) is 11.4 Å². The Morgan fingerprint density at radius 2 is 0.881 bits per heavy atom. The molecule has 5 aliphatic carbocycles. The maximum atomic E-state index is 14.7. The van der Waals surface area contributed by atoms with Gasteiger partial charge in [-0.2, -0.15) is 0 Å². The monoisotopic (exact) mass is 762 g/mol. The van der Waals surface area contributed by atoms with Crippen LogP contribution in [-0.4, -0.2) is 0 Å². The third-order valence-electron chi connectivity index (χ3n) is 15.0. The minimum Gasteiger partial charge on any atom is -0.310 e. The van der Waals surface area contributed by atoms with E-state index in [9.17, 15) is 4.39 Å². The molecule has 0 aromatic heterocycles. The molecule has 0 aliphatic heterocycles. The lowest BCUT2D eigenvalue weighted by molar-refractivity contribution is -0.0399. The molecule has 0 heterocycles. The van der Waals surface area contributed by atoms with Gasteiger partial charge in [-0.3, -0.25) is 0 Å². The van der Waals surface area contributed by atoms with Gasteiger partial charge in [0.1, 0.15) is 5.82 Å². The summed E-state index contributed by atoms with van der Waals surface area (Å²) >= 11 is 0. The van der Waals surface area contributed by atoms with Crippen molar-refractivity contribution in [1.82, 2.24) is 0 Å². The lowest BCUT2D eigenvalue weighted by atomic mass is 9.43. The summed E-state index contributed by atoms with van der Waals surface area (Å²) in [5.41, 5.74) is 12.5. The van der Waals surface area contributed by atoms with Crippen LogP contribution in [-0.2, 0) is 5.41 Å². The Hall–Kier alpha value is -6.45. The van der Waals surface area contributed by atoms with E-state index in [-0.39, 0.29) is 11.2 Å². The lowest BCUT2D eigenvalue weighted by Gasteiger charge is -2.61. The van der Waals surface area contributed by atoms with E-state index in [1.807, 2.05) is 12.1 Å². The molecule has 3 heteroatoms. The van der Waals surface area contributed by atoms with E-state index in [0.717, 1.165) is 46.0 Å². The van der Waals surface area contributed by atoms with Crippen LogP contribution < -0.4 is 9.80 Å². The van der Waals surface area contributed by atoms with Crippen molar-refractivity contribution in [2.24, 2.45) is 23.7 Å². The van der Waals surface area contributed by atoms with E-state index in [1.54, 1.807) is 23.3 Å². The highest BCUT2D eigenvalue weighted by molar-refractivity contribution is 6.28. The molecule has 1 spiro atoms. The third-order valence-corrected chi connectivity index (χ3v) is 15.0. The fourth-order valence-electron chi connectivity index (χ4n) is 13.0. The summed E-state index contributed by atoms with van der Waals surface area (Å²) in [7, 11) is 0. The SMILES string of the molecule is Fc1ccc(N(c2ccc3c(c2)-c2ccccc2C32C3CC4CC(C3)CC2C4)c2ccc3ccc4c(N(c5ccccc5)c5ccccc5)ccc5ccc2c3c54)cc1. The number of halogens is 1. The number of rotatable bonds is 6. The van der Waals surface area contributed by atoms with Gasteiger partial charge in [-0.05, 0) is 172 Å². The van der Waals surface area contributed by atoms with Crippen LogP contribution in [0.3, 0.4) is 0 Å². The fraction of sp³-hybridized carbons (Fsp3) is 0.179. The molecule has 0 radical (unpaired) electrons. The molecule has 5 aliphatic rings. The van der Waals surface area contributed by atoms with E-state index in [2.05, 4.69) is 161 Å². The second kappa shape index (κ2) is 12.5. The van der Waals surface area contributed by atoms with E-state index >= 15 is 0 Å². The summed E-state index contributed by atoms with van der Waals surface area (Å²) in [4.78, 5) is 4.74. The van der Waals surface area contributed by atoms with Gasteiger partial charge in [0.25, 0.3) is 0 Å². The summed E-state index contributed by atoms with van der Waals surface area (Å²) in [6.07, 6.45) is 6.90. The first kappa shape index (κ1) is 33.5. The standard InChI is InChI=1S/C56H43FN2/c57-41-19-21-44(22-20-41)59(45-23-26-51-49(34-45)46-13-7-8-14-50(46)56(51)39-30-35-29-36(32-39)33-40(56)31-35)53-28-18-38-15-24-47-52(27-17-37-16-25-48(53)55(38)54(37)47)58(42-9-3-1-4-10-42)43-11-5-2-6-12-43/h1-28,34-36,39-40H,29-33H2. The van der Waals surface area contributed by atoms with E-state index in [4.69, 9.17) is 0 Å². The normalized spacial score (nSPS) is 22.4. The first-order chi connectivity index (χ1) is 29.1. The van der Waals surface area contributed by atoms with Crippen molar-refractivity contribution in [2.45, 2.75) is 37.5 Å². The van der Waals surface area contributed by atoms with E-state index in [0.29, 0.717) is 11.8 Å². The van der Waals surface area contributed by atoms with Crippen LogP contribution >= 0.6 is 0 Å². The molecular formula is C56H43FN2. The maximum absolute atomic E-state index is 14.7. The number of fused-ring (bicyclic) bond motifs is 3. The molecule has 0 unspecified atom stereocenters. The summed E-state index contributed by atoms with van der Waals surface area (Å²) in [6, 6.07) is 63.3. The van der Waals surface area contributed by atoms with Gasteiger partial charge in [0.15, 0.2) is 0 Å². The number of nitrogens with zero attached hydrogens (tertiary/aromatic N) is 2. The lowest BCUT2D eigenvalue weighted by Crippen LogP contribution is -2.55. The zero-order chi connectivity index (χ0) is 38.8. The second-order valence-electron chi connectivity index (χ2n) is 17.9. The van der Waals surface area contributed by atoms with Gasteiger partial charge in [-0.1, -0.05) is 103 Å². The Morgan fingerprint density at radius 3 is 1.47 bits per heavy atom. The van der Waals surface area contributed by atoms with Gasteiger partial charge in [-0.25, -0.2) is 4.39 Å². The van der Waals surface area contributed by atoms with Gasteiger partial charge >= 0.3 is 0 Å². The van der Waals surface area contributed by atoms with Gasteiger partial charge < -0.3 is 9.80 Å². The van der Waals surface area contributed by atoms with Crippen molar-refractivity contribution in [3.8, 4) is 11.1 Å². The van der Waals surface area contributed by atoms with Crippen LogP contribution in [0.4, 0.5) is 38.5 Å². The summed E-state index contributed by atoms with van der Waals surface area (Å²) < 4.78 is 14.7. The topological polar surface area (TPSA) is 6.48 Å². The first-order valence-electron chi connectivity index (χ1n) is 21.5. The molecule has 14 rings (SSSR count). The minimum atomic E-state index is -0.232. The van der Waals surface area contributed by atoms with Crippen LogP contribution in [0, 0.1) is 29.5 Å². The van der Waals surface area contributed by atoms with Gasteiger partial charge in [0.2, 0.25) is 0 Å². The van der Waals surface area contributed by atoms with Gasteiger partial charge in [0, 0.05) is 38.9 Å². The Morgan fingerprint density at radius 1 is 0.407 bits per heavy atom. The number of para-hydroxylation sites is 2. The van der Waals surface area contributed by atoms with Crippen molar-refractivity contribution < 1.29 is 4.39 Å². The van der Waals surface area contributed by atoms with Crippen LogP contribution in [0.25, 0.3) is 43.4 Å². The molecule has 4 bridgehead atoms. The Bertz CT molecular complexity index is 3010. The molecule has 4 saturated carbocycles. The number of benzene rings is 9. The number of anilines is 6. The quantitative estimate of drug-likeness (QED) is 0.156. The van der Waals surface area contributed by atoms with E-state index < -0.39 is 0 Å². The molecule has 9 aromatic rings. The molecule has 0 atom stereocenters. The summed E-state index contributed by atoms with van der Waals surface area (Å²) in [5.74, 6) is 2.99. The largest absolute Gasteiger partial charge is 0.310 e. The molecule has 0 amide bonds. The Kier molecular flexibility index (Phi) is 7.12. The number of hydrogen-bond acceptors (Lipinski definition) is 2. The number of hydrogen-bond donors (Lipinski definition) is 0. The Labute approximate surface area is 344 Å². The molecule has 0 saturated heterocycles. The predicted molar refractivity (Wildman–Crippen MR) is 243 cm³/mol. The van der Waals surface area contributed by atoms with Crippen LogP contribution in [0.1, 0.15) is 43.2 Å². The van der Waals surface area contributed by atoms with Crippen molar-refractivity contribution in [3.05, 3.63) is 193 Å². The highest BCUT2D eigenvalue weighted by atomic mass is 19.1. The smallest absolute Gasteiger partial charge is 0.123 e. The van der Waals surface area contributed by atoms with Crippen molar-refractivity contribution in [2.75, 3.05) is 9.80 Å². The molecule has 9 aromatic carbocycles. The van der Waals surface area contributed by atoms with Crippen molar-refractivity contribution >= 4 is 66.4 Å². The summed E-state index contributed by atoms with van der Waals surface area (Å²) in [5, 5.41) is 7.29. The van der Waals surface area contributed by atoms with Crippen LogP contribution in [0.5, 0.6) is 0 Å². The van der Waals surface area contributed by atoms with Crippen molar-refractivity contribution in [3.63, 3.8) is 0 Å². The predicted octanol–water partition coefficient (Wildman–Crippen LogP) is 15.4. The molecule has 0 N–H and O–H groups in total. The third kappa shape index (κ3) is 4.73. The zero-order valence-corrected chi connectivity index (χ0v) is 32.9. The van der Waals surface area contributed by atoms with Crippen molar-refractivity contribution in [1.29, 1.82) is 0 Å².